The van der Waals surface area contributed by atoms with Crippen LogP contribution in [-0.2, 0) is 16.0 Å². The molecule has 162 valence electrons. The Morgan fingerprint density at radius 2 is 1.84 bits per heavy atom. The third-order valence-electron chi connectivity index (χ3n) is 5.71. The number of carboxylic acids is 1. The van der Waals surface area contributed by atoms with Crippen LogP contribution in [0.5, 0.6) is 5.75 Å². The number of hydrazone groups is 1. The third kappa shape index (κ3) is 5.21. The van der Waals surface area contributed by atoms with E-state index >= 15 is 0 Å². The minimum absolute atomic E-state index is 0.0586. The molecule has 2 bridgehead atoms. The summed E-state index contributed by atoms with van der Waals surface area (Å²) in [6, 6.07) is 16.2. The standard InChI is InChI=1S/C23H25N3O5/c27-22(28)14-30-19-9-5-4-6-15(19)12-17-18(21-11-10-20(17)31-21)13-24-26-23(29)25-16-7-2-1-3-8-16/h1-9,13,17-18,20-21H,10-12,14H2,(H,27,28)(H2,25,26,29)/b24-13+. The number of carbonyl (C=O) groups excluding carboxylic acids is 1. The molecule has 4 atom stereocenters. The highest BCUT2D eigenvalue weighted by molar-refractivity contribution is 5.89. The maximum absolute atomic E-state index is 12.1. The number of rotatable bonds is 8. The molecule has 2 saturated heterocycles. The van der Waals surface area contributed by atoms with Gasteiger partial charge < -0.3 is 19.9 Å². The molecule has 3 N–H and O–H groups in total. The van der Waals surface area contributed by atoms with Crippen molar-refractivity contribution in [2.45, 2.75) is 31.5 Å². The first-order valence-electron chi connectivity index (χ1n) is 10.3. The van der Waals surface area contributed by atoms with E-state index in [0.29, 0.717) is 17.9 Å². The Morgan fingerprint density at radius 1 is 1.10 bits per heavy atom. The molecular weight excluding hydrogens is 398 g/mol. The van der Waals surface area contributed by atoms with E-state index in [9.17, 15) is 9.59 Å². The van der Waals surface area contributed by atoms with Crippen molar-refractivity contribution >= 4 is 23.9 Å². The summed E-state index contributed by atoms with van der Waals surface area (Å²) in [5, 5.41) is 15.8. The third-order valence-corrected chi connectivity index (χ3v) is 5.71. The predicted molar refractivity (Wildman–Crippen MR) is 115 cm³/mol. The van der Waals surface area contributed by atoms with Crippen molar-refractivity contribution in [2.24, 2.45) is 16.9 Å². The number of carbonyl (C=O) groups is 2. The van der Waals surface area contributed by atoms with Crippen LogP contribution >= 0.6 is 0 Å². The van der Waals surface area contributed by atoms with Crippen LogP contribution in [0.4, 0.5) is 10.5 Å². The van der Waals surface area contributed by atoms with Crippen LogP contribution in [0.2, 0.25) is 0 Å². The fourth-order valence-corrected chi connectivity index (χ4v) is 4.35. The molecular formula is C23H25N3O5. The van der Waals surface area contributed by atoms with E-state index in [2.05, 4.69) is 15.8 Å². The molecule has 0 aromatic heterocycles. The van der Waals surface area contributed by atoms with E-state index in [1.807, 2.05) is 36.4 Å². The summed E-state index contributed by atoms with van der Waals surface area (Å²) in [6.45, 7) is -0.379. The second kappa shape index (κ2) is 9.61. The number of hydrogen-bond acceptors (Lipinski definition) is 5. The zero-order valence-corrected chi connectivity index (χ0v) is 16.9. The molecule has 8 nitrogen and oxygen atoms in total. The lowest BCUT2D eigenvalue weighted by molar-refractivity contribution is -0.139. The number of fused-ring (bicyclic) bond motifs is 2. The number of hydrogen-bond donors (Lipinski definition) is 3. The van der Waals surface area contributed by atoms with Crippen LogP contribution in [0.1, 0.15) is 18.4 Å². The first-order chi connectivity index (χ1) is 15.1. The zero-order valence-electron chi connectivity index (χ0n) is 16.9. The van der Waals surface area contributed by atoms with Gasteiger partial charge in [0.2, 0.25) is 0 Å². The second-order valence-electron chi connectivity index (χ2n) is 7.74. The molecule has 0 radical (unpaired) electrons. The predicted octanol–water partition coefficient (Wildman–Crippen LogP) is 3.29. The van der Waals surface area contributed by atoms with Crippen molar-refractivity contribution in [1.82, 2.24) is 5.43 Å². The van der Waals surface area contributed by atoms with Crippen molar-refractivity contribution in [3.05, 3.63) is 60.2 Å². The van der Waals surface area contributed by atoms with Gasteiger partial charge in [-0.2, -0.15) is 5.10 Å². The molecule has 8 heteroatoms. The topological polar surface area (TPSA) is 109 Å². The molecule has 2 aromatic rings. The zero-order chi connectivity index (χ0) is 21.6. The molecule has 2 aromatic carbocycles. The summed E-state index contributed by atoms with van der Waals surface area (Å²) >= 11 is 0. The normalized spacial score (nSPS) is 24.3. The lowest BCUT2D eigenvalue weighted by Crippen LogP contribution is -2.31. The number of nitrogens with zero attached hydrogens (tertiary/aromatic N) is 1. The van der Waals surface area contributed by atoms with Crippen molar-refractivity contribution in [1.29, 1.82) is 0 Å². The summed E-state index contributed by atoms with van der Waals surface area (Å²) in [7, 11) is 0. The number of urea groups is 1. The highest BCUT2D eigenvalue weighted by atomic mass is 16.5. The SMILES string of the molecule is O=C(O)COc1ccccc1CC1C2CCC(O2)C1/C=N/NC(=O)Nc1ccccc1. The molecule has 31 heavy (non-hydrogen) atoms. The Kier molecular flexibility index (Phi) is 6.47. The van der Waals surface area contributed by atoms with Gasteiger partial charge in [0.1, 0.15) is 5.75 Å². The maximum Gasteiger partial charge on any atom is 0.341 e. The van der Waals surface area contributed by atoms with Crippen molar-refractivity contribution in [3.8, 4) is 5.75 Å². The molecule has 2 heterocycles. The van der Waals surface area contributed by atoms with Crippen LogP contribution < -0.4 is 15.5 Å². The molecule has 2 fully saturated rings. The second-order valence-corrected chi connectivity index (χ2v) is 7.74. The monoisotopic (exact) mass is 423 g/mol. The van der Waals surface area contributed by atoms with Gasteiger partial charge in [0.05, 0.1) is 12.2 Å². The van der Waals surface area contributed by atoms with Gasteiger partial charge in [-0.3, -0.25) is 0 Å². The van der Waals surface area contributed by atoms with Gasteiger partial charge in [0.15, 0.2) is 6.61 Å². The van der Waals surface area contributed by atoms with Crippen LogP contribution in [0, 0.1) is 11.8 Å². The maximum atomic E-state index is 12.1. The Hall–Kier alpha value is -3.39. The van der Waals surface area contributed by atoms with Gasteiger partial charge in [-0.05, 0) is 48.9 Å². The van der Waals surface area contributed by atoms with Gasteiger partial charge in [-0.15, -0.1) is 0 Å². The summed E-state index contributed by atoms with van der Waals surface area (Å²) in [6.07, 6.45) is 4.59. The van der Waals surface area contributed by atoms with E-state index in [4.69, 9.17) is 14.6 Å². The average molecular weight is 423 g/mol. The highest BCUT2D eigenvalue weighted by Gasteiger charge is 2.48. The summed E-state index contributed by atoms with van der Waals surface area (Å²) in [5.41, 5.74) is 4.15. The first-order valence-corrected chi connectivity index (χ1v) is 10.3. The molecule has 2 aliphatic heterocycles. The molecule has 4 unspecified atom stereocenters. The number of ether oxygens (including phenoxy) is 2. The van der Waals surface area contributed by atoms with Gasteiger partial charge in [0, 0.05) is 17.8 Å². The number of benzene rings is 2. The van der Waals surface area contributed by atoms with Gasteiger partial charge in [-0.1, -0.05) is 36.4 Å². The smallest absolute Gasteiger partial charge is 0.341 e. The average Bonchev–Trinajstić information content (AvgIpc) is 3.36. The van der Waals surface area contributed by atoms with E-state index in [1.54, 1.807) is 24.4 Å². The van der Waals surface area contributed by atoms with Gasteiger partial charge in [0.25, 0.3) is 0 Å². The summed E-state index contributed by atoms with van der Waals surface area (Å²) < 4.78 is 11.6. The molecule has 2 amide bonds. The summed E-state index contributed by atoms with van der Waals surface area (Å²) in [4.78, 5) is 22.9. The van der Waals surface area contributed by atoms with Gasteiger partial charge >= 0.3 is 12.0 Å². The number of amides is 2. The van der Waals surface area contributed by atoms with Crippen LogP contribution in [0.25, 0.3) is 0 Å². The Balaban J connectivity index is 1.39. The molecule has 0 aliphatic carbocycles. The lowest BCUT2D eigenvalue weighted by atomic mass is 9.76. The molecule has 0 saturated carbocycles. The number of nitrogens with one attached hydrogen (secondary N) is 2. The van der Waals surface area contributed by atoms with E-state index in [0.717, 1.165) is 18.4 Å². The first kappa shape index (κ1) is 20.9. The number of para-hydroxylation sites is 2. The number of anilines is 1. The lowest BCUT2D eigenvalue weighted by Gasteiger charge is -2.25. The minimum Gasteiger partial charge on any atom is -0.482 e. The van der Waals surface area contributed by atoms with Crippen molar-refractivity contribution in [3.63, 3.8) is 0 Å². The van der Waals surface area contributed by atoms with E-state index in [-0.39, 0.29) is 30.7 Å². The Labute approximate surface area is 180 Å². The Bertz CT molecular complexity index is 949. The van der Waals surface area contributed by atoms with Crippen LogP contribution in [0.15, 0.2) is 59.7 Å². The number of aliphatic carboxylic acids is 1. The van der Waals surface area contributed by atoms with Crippen molar-refractivity contribution in [2.75, 3.05) is 11.9 Å². The van der Waals surface area contributed by atoms with E-state index < -0.39 is 12.0 Å². The quantitative estimate of drug-likeness (QED) is 0.446. The Morgan fingerprint density at radius 3 is 2.65 bits per heavy atom. The fraction of sp³-hybridized carbons (Fsp3) is 0.348. The molecule has 2 aliphatic rings. The van der Waals surface area contributed by atoms with E-state index in [1.165, 1.54) is 0 Å². The minimum atomic E-state index is -1.01. The van der Waals surface area contributed by atoms with Gasteiger partial charge in [-0.25, -0.2) is 15.0 Å². The molecule has 4 rings (SSSR count). The van der Waals surface area contributed by atoms with Crippen molar-refractivity contribution < 1.29 is 24.2 Å². The largest absolute Gasteiger partial charge is 0.482 e. The number of carboxylic acid groups (broad SMARTS) is 1. The van der Waals surface area contributed by atoms with Crippen LogP contribution in [-0.4, -0.2) is 42.1 Å². The fourth-order valence-electron chi connectivity index (χ4n) is 4.35. The molecule has 0 spiro atoms. The van der Waals surface area contributed by atoms with Crippen LogP contribution in [0.3, 0.4) is 0 Å². The summed E-state index contributed by atoms with van der Waals surface area (Å²) in [5.74, 6) is -0.203. The highest BCUT2D eigenvalue weighted by Crippen LogP contribution is 2.44.